The van der Waals surface area contributed by atoms with E-state index < -0.39 is 0 Å². The van der Waals surface area contributed by atoms with Crippen molar-refractivity contribution >= 4 is 45.6 Å². The topological polar surface area (TPSA) is 71.5 Å². The van der Waals surface area contributed by atoms with Gasteiger partial charge in [0, 0.05) is 16.5 Å². The molecule has 0 saturated heterocycles. The van der Waals surface area contributed by atoms with Crippen molar-refractivity contribution in [1.29, 1.82) is 0 Å². The number of anilines is 1. The average Bonchev–Trinajstić information content (AvgIpc) is 3.06. The molecule has 0 spiro atoms. The monoisotopic (exact) mass is 394 g/mol. The normalized spacial score (nSPS) is 10.5. The smallest absolute Gasteiger partial charge is 0.257 e. The molecule has 0 saturated carbocycles. The molecule has 2 aromatic carbocycles. The number of rotatable bonds is 4. The third-order valence-electron chi connectivity index (χ3n) is 3.38. The fourth-order valence-electron chi connectivity index (χ4n) is 2.11. The number of phenolic OH excluding ortho intramolecular Hbond substituents is 1. The molecule has 0 unspecified atom stereocenters. The van der Waals surface area contributed by atoms with Gasteiger partial charge >= 0.3 is 0 Å². The summed E-state index contributed by atoms with van der Waals surface area (Å²) in [6.07, 6.45) is 0. The lowest BCUT2D eigenvalue weighted by Crippen LogP contribution is -2.11. The SMILES string of the molecule is COc1cc(C(=O)Nc2nc(-c3ccc(Cl)c(Cl)c3)cs2)ccc1O. The number of hydrogen-bond donors (Lipinski definition) is 2. The highest BCUT2D eigenvalue weighted by molar-refractivity contribution is 7.14. The lowest BCUT2D eigenvalue weighted by atomic mass is 10.2. The van der Waals surface area contributed by atoms with E-state index in [1.807, 2.05) is 5.38 Å². The minimum absolute atomic E-state index is 0.0322. The van der Waals surface area contributed by atoms with E-state index in [1.165, 1.54) is 36.6 Å². The van der Waals surface area contributed by atoms with E-state index in [0.717, 1.165) is 5.56 Å². The van der Waals surface area contributed by atoms with Gasteiger partial charge in [0.25, 0.3) is 5.91 Å². The van der Waals surface area contributed by atoms with Crippen LogP contribution in [0.3, 0.4) is 0 Å². The lowest BCUT2D eigenvalue weighted by molar-refractivity contribution is 0.102. The first-order valence-corrected chi connectivity index (χ1v) is 8.71. The lowest BCUT2D eigenvalue weighted by Gasteiger charge is -2.06. The van der Waals surface area contributed by atoms with Crippen LogP contribution in [0.1, 0.15) is 10.4 Å². The quantitative estimate of drug-likeness (QED) is 0.646. The first kappa shape index (κ1) is 17.5. The Kier molecular flexibility index (Phi) is 5.13. The first-order chi connectivity index (χ1) is 12.0. The van der Waals surface area contributed by atoms with Gasteiger partial charge in [-0.25, -0.2) is 4.98 Å². The number of benzene rings is 2. The zero-order chi connectivity index (χ0) is 18.0. The van der Waals surface area contributed by atoms with Gasteiger partial charge in [0.15, 0.2) is 16.6 Å². The summed E-state index contributed by atoms with van der Waals surface area (Å²) in [5.74, 6) is -0.160. The highest BCUT2D eigenvalue weighted by Gasteiger charge is 2.13. The molecule has 0 aliphatic heterocycles. The summed E-state index contributed by atoms with van der Waals surface area (Å²) < 4.78 is 5.00. The molecule has 0 aliphatic carbocycles. The van der Waals surface area contributed by atoms with Gasteiger partial charge in [0.05, 0.1) is 22.8 Å². The molecule has 1 amide bonds. The molecular formula is C17H12Cl2N2O3S. The van der Waals surface area contributed by atoms with Gasteiger partial charge in [-0.1, -0.05) is 29.3 Å². The summed E-state index contributed by atoms with van der Waals surface area (Å²) in [6, 6.07) is 9.57. The molecule has 0 radical (unpaired) electrons. The number of carbonyl (C=O) groups excluding carboxylic acids is 1. The molecular weight excluding hydrogens is 383 g/mol. The summed E-state index contributed by atoms with van der Waals surface area (Å²) in [5.41, 5.74) is 1.83. The standard InChI is InChI=1S/C17H12Cl2N2O3S/c1-24-15-7-10(3-5-14(15)22)16(23)21-17-20-13(8-25-17)9-2-4-11(18)12(19)6-9/h2-8,22H,1H3,(H,20,21,23). The third kappa shape index (κ3) is 3.87. The Morgan fingerprint density at radius 2 is 2.00 bits per heavy atom. The van der Waals surface area contributed by atoms with E-state index in [0.29, 0.717) is 26.4 Å². The van der Waals surface area contributed by atoms with Crippen LogP contribution >= 0.6 is 34.5 Å². The molecule has 0 aliphatic rings. The number of methoxy groups -OCH3 is 1. The Morgan fingerprint density at radius 3 is 2.72 bits per heavy atom. The maximum atomic E-state index is 12.3. The van der Waals surface area contributed by atoms with Crippen LogP contribution in [0.4, 0.5) is 5.13 Å². The van der Waals surface area contributed by atoms with Crippen LogP contribution in [0.15, 0.2) is 41.8 Å². The van der Waals surface area contributed by atoms with Crippen molar-refractivity contribution in [2.45, 2.75) is 0 Å². The molecule has 0 bridgehead atoms. The highest BCUT2D eigenvalue weighted by atomic mass is 35.5. The second-order valence-electron chi connectivity index (χ2n) is 5.01. The number of ether oxygens (including phenoxy) is 1. The molecule has 3 aromatic rings. The number of thiazole rings is 1. The average molecular weight is 395 g/mol. The van der Waals surface area contributed by atoms with Crippen LogP contribution in [0.5, 0.6) is 11.5 Å². The second-order valence-corrected chi connectivity index (χ2v) is 6.68. The summed E-state index contributed by atoms with van der Waals surface area (Å²) in [7, 11) is 1.42. The predicted molar refractivity (Wildman–Crippen MR) is 100 cm³/mol. The van der Waals surface area contributed by atoms with E-state index in [1.54, 1.807) is 18.2 Å². The van der Waals surface area contributed by atoms with Crippen molar-refractivity contribution in [2.24, 2.45) is 0 Å². The van der Waals surface area contributed by atoms with E-state index in [2.05, 4.69) is 10.3 Å². The zero-order valence-electron chi connectivity index (χ0n) is 12.9. The Bertz CT molecular complexity index is 943. The molecule has 0 atom stereocenters. The van der Waals surface area contributed by atoms with E-state index in [9.17, 15) is 9.90 Å². The minimum atomic E-state index is -0.353. The third-order valence-corrected chi connectivity index (χ3v) is 4.88. The summed E-state index contributed by atoms with van der Waals surface area (Å²) in [4.78, 5) is 16.7. The maximum Gasteiger partial charge on any atom is 0.257 e. The van der Waals surface area contributed by atoms with Gasteiger partial charge in [-0.2, -0.15) is 0 Å². The number of aromatic hydroxyl groups is 1. The van der Waals surface area contributed by atoms with Gasteiger partial charge < -0.3 is 9.84 Å². The van der Waals surface area contributed by atoms with Gasteiger partial charge in [0.1, 0.15) is 0 Å². The number of nitrogens with zero attached hydrogens (tertiary/aromatic N) is 1. The number of aromatic nitrogens is 1. The van der Waals surface area contributed by atoms with Crippen LogP contribution in [-0.4, -0.2) is 23.1 Å². The van der Waals surface area contributed by atoms with Gasteiger partial charge in [0.2, 0.25) is 0 Å². The number of amides is 1. The van der Waals surface area contributed by atoms with E-state index >= 15 is 0 Å². The molecule has 1 aromatic heterocycles. The van der Waals surface area contributed by atoms with Crippen molar-refractivity contribution in [2.75, 3.05) is 12.4 Å². The first-order valence-electron chi connectivity index (χ1n) is 7.07. The molecule has 0 fully saturated rings. The van der Waals surface area contributed by atoms with Crippen LogP contribution in [-0.2, 0) is 0 Å². The molecule has 8 heteroatoms. The zero-order valence-corrected chi connectivity index (χ0v) is 15.2. The molecule has 1 heterocycles. The van der Waals surface area contributed by atoms with Crippen LogP contribution in [0.25, 0.3) is 11.3 Å². The van der Waals surface area contributed by atoms with Crippen molar-refractivity contribution < 1.29 is 14.6 Å². The van der Waals surface area contributed by atoms with Crippen LogP contribution < -0.4 is 10.1 Å². The van der Waals surface area contributed by atoms with Crippen molar-refractivity contribution in [3.05, 3.63) is 57.4 Å². The second kappa shape index (κ2) is 7.31. The maximum absolute atomic E-state index is 12.3. The highest BCUT2D eigenvalue weighted by Crippen LogP contribution is 2.31. The van der Waals surface area contributed by atoms with Crippen LogP contribution in [0, 0.1) is 0 Å². The summed E-state index contributed by atoms with van der Waals surface area (Å²) >= 11 is 13.2. The number of carbonyl (C=O) groups is 1. The molecule has 25 heavy (non-hydrogen) atoms. The van der Waals surface area contributed by atoms with Gasteiger partial charge in [-0.3, -0.25) is 10.1 Å². The molecule has 5 nitrogen and oxygen atoms in total. The Balaban J connectivity index is 1.79. The number of halogens is 2. The molecule has 128 valence electrons. The van der Waals surface area contributed by atoms with Gasteiger partial charge in [-0.15, -0.1) is 11.3 Å². The number of nitrogens with one attached hydrogen (secondary N) is 1. The Labute approximate surface area is 157 Å². The van der Waals surface area contributed by atoms with Gasteiger partial charge in [-0.05, 0) is 30.3 Å². The fraction of sp³-hybridized carbons (Fsp3) is 0.0588. The largest absolute Gasteiger partial charge is 0.504 e. The molecule has 2 N–H and O–H groups in total. The van der Waals surface area contributed by atoms with Crippen molar-refractivity contribution in [3.8, 4) is 22.8 Å². The Hall–Kier alpha value is -2.28. The summed E-state index contributed by atoms with van der Waals surface area (Å²) in [6.45, 7) is 0. The molecule has 3 rings (SSSR count). The Morgan fingerprint density at radius 1 is 1.20 bits per heavy atom. The fourth-order valence-corrected chi connectivity index (χ4v) is 3.12. The number of hydrogen-bond acceptors (Lipinski definition) is 5. The van der Waals surface area contributed by atoms with Crippen molar-refractivity contribution in [3.63, 3.8) is 0 Å². The number of phenols is 1. The predicted octanol–water partition coefficient (Wildman–Crippen LogP) is 5.08. The van der Waals surface area contributed by atoms with Crippen molar-refractivity contribution in [1.82, 2.24) is 4.98 Å². The minimum Gasteiger partial charge on any atom is -0.504 e. The summed E-state index contributed by atoms with van der Waals surface area (Å²) in [5, 5.41) is 15.5. The van der Waals surface area contributed by atoms with Crippen LogP contribution in [0.2, 0.25) is 10.0 Å². The van der Waals surface area contributed by atoms with E-state index in [4.69, 9.17) is 27.9 Å². The van der Waals surface area contributed by atoms with E-state index in [-0.39, 0.29) is 17.4 Å².